The quantitative estimate of drug-likeness (QED) is 0.683. The number of nitrogens with one attached hydrogen (secondary N) is 2. The normalized spacial score (nSPS) is 19.5. The summed E-state index contributed by atoms with van der Waals surface area (Å²) in [5.74, 6) is 0.527. The lowest BCUT2D eigenvalue weighted by atomic mass is 10.2. The second-order valence-corrected chi connectivity index (χ2v) is 4.13. The molecule has 1 heterocycles. The van der Waals surface area contributed by atoms with E-state index in [2.05, 4.69) is 22.2 Å². The summed E-state index contributed by atoms with van der Waals surface area (Å²) in [7, 11) is 0. The van der Waals surface area contributed by atoms with Gasteiger partial charge in [0.25, 0.3) is 0 Å². The van der Waals surface area contributed by atoms with Gasteiger partial charge in [0.2, 0.25) is 5.96 Å². The van der Waals surface area contributed by atoms with E-state index in [9.17, 15) is 9.90 Å². The summed E-state index contributed by atoms with van der Waals surface area (Å²) in [6, 6.07) is 7.07. The van der Waals surface area contributed by atoms with Crippen molar-refractivity contribution >= 4 is 17.9 Å². The largest absolute Gasteiger partial charge is 0.391 e. The van der Waals surface area contributed by atoms with E-state index in [0.717, 1.165) is 12.0 Å². The van der Waals surface area contributed by atoms with Gasteiger partial charge in [0.15, 0.2) is 0 Å². The molecule has 1 aliphatic heterocycles. The highest BCUT2D eigenvalue weighted by Gasteiger charge is 2.12. The van der Waals surface area contributed by atoms with E-state index in [1.165, 1.54) is 0 Å². The van der Waals surface area contributed by atoms with Crippen LogP contribution in [-0.4, -0.2) is 30.0 Å². The van der Waals surface area contributed by atoms with Gasteiger partial charge in [-0.05, 0) is 12.1 Å². The molecule has 0 bridgehead atoms. The van der Waals surface area contributed by atoms with Gasteiger partial charge in [-0.3, -0.25) is 4.79 Å². The highest BCUT2D eigenvalue weighted by Crippen LogP contribution is 2.12. The van der Waals surface area contributed by atoms with Crippen LogP contribution >= 0.6 is 0 Å². The predicted octanol–water partition coefficient (Wildman–Crippen LogP) is 1.13. The van der Waals surface area contributed by atoms with E-state index in [1.54, 1.807) is 18.2 Å². The van der Waals surface area contributed by atoms with Crippen LogP contribution in [-0.2, 0) is 0 Å². The maximum Gasteiger partial charge on any atom is 0.200 e. The number of anilines is 1. The fraction of sp³-hybridized carbons (Fsp3) is 0.231. The molecule has 0 saturated heterocycles. The van der Waals surface area contributed by atoms with Crippen LogP contribution in [0.5, 0.6) is 0 Å². The number of benzene rings is 1. The first-order valence-corrected chi connectivity index (χ1v) is 5.68. The number of aliphatic imine (C=N–C) groups is 1. The molecule has 5 nitrogen and oxygen atoms in total. The smallest absolute Gasteiger partial charge is 0.200 e. The highest BCUT2D eigenvalue weighted by atomic mass is 16.3. The van der Waals surface area contributed by atoms with Crippen LogP contribution in [0.2, 0.25) is 0 Å². The lowest BCUT2D eigenvalue weighted by Crippen LogP contribution is -2.34. The Kier molecular flexibility index (Phi) is 3.74. The van der Waals surface area contributed by atoms with E-state index in [-0.39, 0.29) is 0 Å². The van der Waals surface area contributed by atoms with Gasteiger partial charge in [0, 0.05) is 29.9 Å². The third-order valence-electron chi connectivity index (χ3n) is 2.53. The van der Waals surface area contributed by atoms with Gasteiger partial charge in [-0.1, -0.05) is 18.7 Å². The molecule has 0 aromatic heterocycles. The van der Waals surface area contributed by atoms with Gasteiger partial charge in [-0.15, -0.1) is 0 Å². The molecule has 1 atom stereocenters. The Bertz CT molecular complexity index is 497. The molecule has 0 saturated carbocycles. The fourth-order valence-corrected chi connectivity index (χ4v) is 1.70. The molecule has 2 rings (SSSR count). The molecule has 1 unspecified atom stereocenters. The summed E-state index contributed by atoms with van der Waals surface area (Å²) >= 11 is 0. The minimum absolute atomic E-state index is 0.415. The topological polar surface area (TPSA) is 73.7 Å². The minimum atomic E-state index is -0.484. The molecule has 1 aromatic carbocycles. The second-order valence-electron chi connectivity index (χ2n) is 4.13. The van der Waals surface area contributed by atoms with Crippen LogP contribution in [0.25, 0.3) is 0 Å². The van der Waals surface area contributed by atoms with Gasteiger partial charge >= 0.3 is 0 Å². The summed E-state index contributed by atoms with van der Waals surface area (Å²) in [6.45, 7) is 4.18. The number of hydrogen-bond donors (Lipinski definition) is 3. The van der Waals surface area contributed by atoms with Crippen molar-refractivity contribution in [1.82, 2.24) is 5.32 Å². The number of nitrogens with zero attached hydrogens (tertiary/aromatic N) is 1. The Morgan fingerprint density at radius 3 is 3.17 bits per heavy atom. The van der Waals surface area contributed by atoms with Gasteiger partial charge in [-0.2, -0.15) is 0 Å². The van der Waals surface area contributed by atoms with Crippen molar-refractivity contribution in [2.24, 2.45) is 4.99 Å². The summed E-state index contributed by atoms with van der Waals surface area (Å²) in [4.78, 5) is 14.9. The number of aliphatic hydroxyl groups is 1. The number of carbonyl (C=O) groups is 1. The van der Waals surface area contributed by atoms with Crippen molar-refractivity contribution in [3.63, 3.8) is 0 Å². The van der Waals surface area contributed by atoms with Crippen LogP contribution < -0.4 is 10.6 Å². The zero-order valence-electron chi connectivity index (χ0n) is 9.89. The average Bonchev–Trinajstić information content (AvgIpc) is 2.50. The Hall–Kier alpha value is -2.14. The third-order valence-corrected chi connectivity index (χ3v) is 2.53. The zero-order valence-corrected chi connectivity index (χ0v) is 9.89. The lowest BCUT2D eigenvalue weighted by Gasteiger charge is -2.11. The van der Waals surface area contributed by atoms with E-state index >= 15 is 0 Å². The maximum atomic E-state index is 10.7. The fourth-order valence-electron chi connectivity index (χ4n) is 1.70. The van der Waals surface area contributed by atoms with Crippen LogP contribution in [0, 0.1) is 0 Å². The number of hydrogen-bond acceptors (Lipinski definition) is 5. The second kappa shape index (κ2) is 5.46. The number of guanidine groups is 1. The predicted molar refractivity (Wildman–Crippen MR) is 70.7 cm³/mol. The molecule has 0 spiro atoms. The van der Waals surface area contributed by atoms with E-state index < -0.39 is 6.10 Å². The van der Waals surface area contributed by atoms with Crippen molar-refractivity contribution in [3.8, 4) is 0 Å². The standard InChI is InChI=1S/C13H15N3O2/c1-9-5-12(18)7-14-13(15-9)16-11-4-2-3-10(6-11)8-17/h2-4,6,8,12,18H,1,5,7H2,(H2,14,15,16). The van der Waals surface area contributed by atoms with Gasteiger partial charge < -0.3 is 15.7 Å². The molecule has 94 valence electrons. The summed E-state index contributed by atoms with van der Waals surface area (Å²) in [5, 5.41) is 15.6. The molecule has 5 heteroatoms. The van der Waals surface area contributed by atoms with E-state index in [1.807, 2.05) is 6.07 Å². The molecule has 0 radical (unpaired) electrons. The summed E-state index contributed by atoms with van der Waals surface area (Å²) in [6.07, 6.45) is 0.754. The van der Waals surface area contributed by atoms with Crippen LogP contribution in [0.15, 0.2) is 41.5 Å². The first-order chi connectivity index (χ1) is 8.67. The van der Waals surface area contributed by atoms with E-state index in [4.69, 9.17) is 0 Å². The maximum absolute atomic E-state index is 10.7. The highest BCUT2D eigenvalue weighted by molar-refractivity contribution is 5.95. The van der Waals surface area contributed by atoms with Crippen molar-refractivity contribution in [2.45, 2.75) is 12.5 Å². The van der Waals surface area contributed by atoms with Crippen LogP contribution in [0.3, 0.4) is 0 Å². The molecule has 18 heavy (non-hydrogen) atoms. The Labute approximate surface area is 105 Å². The van der Waals surface area contributed by atoms with Crippen LogP contribution in [0.4, 0.5) is 5.69 Å². The van der Waals surface area contributed by atoms with Crippen molar-refractivity contribution < 1.29 is 9.90 Å². The Morgan fingerprint density at radius 1 is 1.56 bits per heavy atom. The molecule has 1 aromatic rings. The molecule has 0 aliphatic carbocycles. The summed E-state index contributed by atoms with van der Waals surface area (Å²) in [5.41, 5.74) is 1.96. The molecular weight excluding hydrogens is 230 g/mol. The Morgan fingerprint density at radius 2 is 2.39 bits per heavy atom. The molecule has 3 N–H and O–H groups in total. The van der Waals surface area contributed by atoms with Crippen LogP contribution in [0.1, 0.15) is 16.8 Å². The number of aldehydes is 1. The third kappa shape index (κ3) is 3.18. The first-order valence-electron chi connectivity index (χ1n) is 5.68. The van der Waals surface area contributed by atoms with Gasteiger partial charge in [-0.25, -0.2) is 4.99 Å². The lowest BCUT2D eigenvalue weighted by molar-refractivity contribution is 0.112. The number of carbonyl (C=O) groups excluding carboxylic acids is 1. The van der Waals surface area contributed by atoms with E-state index in [0.29, 0.717) is 30.2 Å². The molecular formula is C13H15N3O2. The molecule has 1 aliphatic rings. The summed E-state index contributed by atoms with van der Waals surface area (Å²) < 4.78 is 0. The zero-order chi connectivity index (χ0) is 13.0. The van der Waals surface area contributed by atoms with Gasteiger partial charge in [0.1, 0.15) is 6.29 Å². The number of β-amino-alcohol motifs (C(OH)–C–C–N with tert-alkyl or cyclic N) is 1. The Balaban J connectivity index is 2.12. The SMILES string of the molecule is C=C1CC(O)CNC(Nc2cccc(C=O)c2)=N1. The first kappa shape index (κ1) is 12.3. The average molecular weight is 245 g/mol. The van der Waals surface area contributed by atoms with Crippen molar-refractivity contribution in [2.75, 3.05) is 11.9 Å². The minimum Gasteiger partial charge on any atom is -0.391 e. The number of aliphatic hydroxyl groups excluding tert-OH is 1. The van der Waals surface area contributed by atoms with Crippen molar-refractivity contribution in [1.29, 1.82) is 0 Å². The van der Waals surface area contributed by atoms with Gasteiger partial charge in [0.05, 0.1) is 6.10 Å². The number of rotatable bonds is 2. The molecule has 0 fully saturated rings. The molecule has 0 amide bonds. The monoisotopic (exact) mass is 245 g/mol. The van der Waals surface area contributed by atoms with Crippen molar-refractivity contribution in [3.05, 3.63) is 42.1 Å².